The van der Waals surface area contributed by atoms with Crippen LogP contribution in [-0.2, 0) is 16.2 Å². The molecular formula is C25H22ClNO5. The van der Waals surface area contributed by atoms with Crippen molar-refractivity contribution >= 4 is 35.2 Å². The number of esters is 1. The van der Waals surface area contributed by atoms with E-state index in [0.717, 1.165) is 5.56 Å². The summed E-state index contributed by atoms with van der Waals surface area (Å²) in [5, 5.41) is 3.44. The number of rotatable bonds is 8. The van der Waals surface area contributed by atoms with Crippen LogP contribution in [0.1, 0.15) is 18.1 Å². The van der Waals surface area contributed by atoms with Gasteiger partial charge in [0.1, 0.15) is 12.4 Å². The zero-order valence-electron chi connectivity index (χ0n) is 17.6. The van der Waals surface area contributed by atoms with Crippen LogP contribution in [-0.4, -0.2) is 19.0 Å². The third-order valence-corrected chi connectivity index (χ3v) is 4.57. The number of hydrogen-bond acceptors (Lipinski definition) is 5. The molecule has 0 aliphatic heterocycles. The lowest BCUT2D eigenvalue weighted by Gasteiger charge is -2.11. The van der Waals surface area contributed by atoms with Crippen molar-refractivity contribution in [2.75, 3.05) is 12.4 Å². The second kappa shape index (κ2) is 11.0. The zero-order valence-corrected chi connectivity index (χ0v) is 18.4. The molecule has 0 saturated carbocycles. The first-order chi connectivity index (χ1) is 15.4. The smallest absolute Gasteiger partial charge is 0.308 e. The fourth-order valence-electron chi connectivity index (χ4n) is 2.86. The first-order valence-corrected chi connectivity index (χ1v) is 10.1. The Bertz CT molecular complexity index is 1140. The molecule has 0 fully saturated rings. The van der Waals surface area contributed by atoms with Crippen LogP contribution in [0.3, 0.4) is 0 Å². The van der Waals surface area contributed by atoms with Gasteiger partial charge in [-0.25, -0.2) is 0 Å². The predicted molar refractivity (Wildman–Crippen MR) is 124 cm³/mol. The van der Waals surface area contributed by atoms with Crippen molar-refractivity contribution in [1.29, 1.82) is 0 Å². The highest BCUT2D eigenvalue weighted by Gasteiger charge is 2.09. The summed E-state index contributed by atoms with van der Waals surface area (Å²) in [6.07, 6.45) is 3.01. The SMILES string of the molecule is COc1ccc(C=CC(=O)Nc2ccccc2COc2cccc(Cl)c2)cc1OC(C)=O. The van der Waals surface area contributed by atoms with Crippen molar-refractivity contribution in [3.05, 3.63) is 89.0 Å². The average Bonchev–Trinajstić information content (AvgIpc) is 2.77. The first kappa shape index (κ1) is 22.9. The van der Waals surface area contributed by atoms with Crippen LogP contribution in [0.15, 0.2) is 72.8 Å². The molecule has 0 unspecified atom stereocenters. The first-order valence-electron chi connectivity index (χ1n) is 9.76. The van der Waals surface area contributed by atoms with E-state index in [1.165, 1.54) is 20.1 Å². The lowest BCUT2D eigenvalue weighted by molar-refractivity contribution is -0.132. The molecule has 32 heavy (non-hydrogen) atoms. The fraction of sp³-hybridized carbons (Fsp3) is 0.120. The number of halogens is 1. The number of para-hydroxylation sites is 1. The maximum absolute atomic E-state index is 12.5. The fourth-order valence-corrected chi connectivity index (χ4v) is 3.04. The maximum atomic E-state index is 12.5. The van der Waals surface area contributed by atoms with E-state index < -0.39 is 5.97 Å². The number of amides is 1. The molecule has 0 spiro atoms. The number of methoxy groups -OCH3 is 1. The molecule has 0 radical (unpaired) electrons. The molecule has 3 rings (SSSR count). The Morgan fingerprint density at radius 3 is 2.56 bits per heavy atom. The van der Waals surface area contributed by atoms with E-state index in [1.807, 2.05) is 30.3 Å². The van der Waals surface area contributed by atoms with E-state index in [2.05, 4.69) is 5.32 Å². The van der Waals surface area contributed by atoms with Gasteiger partial charge < -0.3 is 19.5 Å². The molecule has 0 aromatic heterocycles. The Hall–Kier alpha value is -3.77. The molecule has 3 aromatic rings. The molecule has 0 bridgehead atoms. The van der Waals surface area contributed by atoms with Crippen LogP contribution in [0.2, 0.25) is 5.02 Å². The van der Waals surface area contributed by atoms with Crippen LogP contribution < -0.4 is 19.5 Å². The summed E-state index contributed by atoms with van der Waals surface area (Å²) >= 11 is 5.99. The molecule has 0 aliphatic rings. The number of ether oxygens (including phenoxy) is 3. The van der Waals surface area contributed by atoms with Crippen molar-refractivity contribution in [1.82, 2.24) is 0 Å². The number of carbonyl (C=O) groups excluding carboxylic acids is 2. The largest absolute Gasteiger partial charge is 0.493 e. The van der Waals surface area contributed by atoms with Crippen molar-refractivity contribution in [2.45, 2.75) is 13.5 Å². The summed E-state index contributed by atoms with van der Waals surface area (Å²) in [6, 6.07) is 19.5. The Balaban J connectivity index is 1.67. The minimum absolute atomic E-state index is 0.269. The molecule has 164 valence electrons. The number of benzene rings is 3. The van der Waals surface area contributed by atoms with Gasteiger partial charge in [0.05, 0.1) is 7.11 Å². The van der Waals surface area contributed by atoms with Crippen molar-refractivity contribution < 1.29 is 23.8 Å². The Kier molecular flexibility index (Phi) is 7.89. The highest BCUT2D eigenvalue weighted by atomic mass is 35.5. The molecule has 0 heterocycles. The topological polar surface area (TPSA) is 73.9 Å². The molecule has 0 saturated heterocycles. The Morgan fingerprint density at radius 1 is 1.00 bits per heavy atom. The molecule has 0 aliphatic carbocycles. The second-order valence-corrected chi connectivity index (χ2v) is 7.17. The summed E-state index contributed by atoms with van der Waals surface area (Å²) < 4.78 is 16.1. The minimum Gasteiger partial charge on any atom is -0.493 e. The number of hydrogen-bond donors (Lipinski definition) is 1. The third kappa shape index (κ3) is 6.62. The summed E-state index contributed by atoms with van der Waals surface area (Å²) in [7, 11) is 1.48. The normalized spacial score (nSPS) is 10.6. The Labute approximate surface area is 191 Å². The van der Waals surface area contributed by atoms with Crippen molar-refractivity contribution in [3.63, 3.8) is 0 Å². The van der Waals surface area contributed by atoms with Gasteiger partial charge in [-0.1, -0.05) is 41.9 Å². The van der Waals surface area contributed by atoms with Crippen LogP contribution in [0.5, 0.6) is 17.2 Å². The molecule has 6 nitrogen and oxygen atoms in total. The van der Waals surface area contributed by atoms with E-state index in [1.54, 1.807) is 42.5 Å². The number of carbonyl (C=O) groups is 2. The van der Waals surface area contributed by atoms with Gasteiger partial charge in [0, 0.05) is 29.3 Å². The quantitative estimate of drug-likeness (QED) is 0.278. The van der Waals surface area contributed by atoms with Gasteiger partial charge in [-0.15, -0.1) is 0 Å². The highest BCUT2D eigenvalue weighted by Crippen LogP contribution is 2.29. The van der Waals surface area contributed by atoms with E-state index in [0.29, 0.717) is 27.8 Å². The predicted octanol–water partition coefficient (Wildman–Crippen LogP) is 5.50. The second-order valence-electron chi connectivity index (χ2n) is 6.73. The number of anilines is 1. The van der Waals surface area contributed by atoms with Gasteiger partial charge in [-0.3, -0.25) is 9.59 Å². The molecule has 3 aromatic carbocycles. The van der Waals surface area contributed by atoms with E-state index >= 15 is 0 Å². The maximum Gasteiger partial charge on any atom is 0.308 e. The van der Waals surface area contributed by atoms with Gasteiger partial charge >= 0.3 is 5.97 Å². The van der Waals surface area contributed by atoms with Crippen LogP contribution >= 0.6 is 11.6 Å². The van der Waals surface area contributed by atoms with Crippen molar-refractivity contribution in [2.24, 2.45) is 0 Å². The molecule has 0 atom stereocenters. The molecule has 1 amide bonds. The van der Waals surface area contributed by atoms with E-state index in [-0.39, 0.29) is 18.3 Å². The lowest BCUT2D eigenvalue weighted by atomic mass is 10.1. The van der Waals surface area contributed by atoms with Gasteiger partial charge in [0.25, 0.3) is 0 Å². The van der Waals surface area contributed by atoms with E-state index in [9.17, 15) is 9.59 Å². The van der Waals surface area contributed by atoms with Crippen LogP contribution in [0.4, 0.5) is 5.69 Å². The minimum atomic E-state index is -0.459. The number of nitrogens with one attached hydrogen (secondary N) is 1. The molecular weight excluding hydrogens is 430 g/mol. The summed E-state index contributed by atoms with van der Waals surface area (Å²) in [5.74, 6) is 0.576. The van der Waals surface area contributed by atoms with Crippen LogP contribution in [0.25, 0.3) is 6.08 Å². The zero-order chi connectivity index (χ0) is 22.9. The van der Waals surface area contributed by atoms with Gasteiger partial charge in [0.2, 0.25) is 5.91 Å². The summed E-state index contributed by atoms with van der Waals surface area (Å²) in [4.78, 5) is 23.8. The standard InChI is InChI=1S/C25H22ClNO5/c1-17(28)32-24-14-18(10-12-23(24)30-2)11-13-25(29)27-22-9-4-3-6-19(22)16-31-21-8-5-7-20(26)15-21/h3-15H,16H2,1-2H3,(H,27,29). The summed E-state index contributed by atoms with van der Waals surface area (Å²) in [5.41, 5.74) is 2.13. The summed E-state index contributed by atoms with van der Waals surface area (Å²) in [6.45, 7) is 1.58. The van der Waals surface area contributed by atoms with Crippen molar-refractivity contribution in [3.8, 4) is 17.2 Å². The average molecular weight is 452 g/mol. The highest BCUT2D eigenvalue weighted by molar-refractivity contribution is 6.30. The third-order valence-electron chi connectivity index (χ3n) is 4.33. The van der Waals surface area contributed by atoms with E-state index in [4.69, 9.17) is 25.8 Å². The molecule has 7 heteroatoms. The monoisotopic (exact) mass is 451 g/mol. The van der Waals surface area contributed by atoms with Gasteiger partial charge in [-0.2, -0.15) is 0 Å². The van der Waals surface area contributed by atoms with Gasteiger partial charge in [-0.05, 0) is 48.0 Å². The van der Waals surface area contributed by atoms with Crippen LogP contribution in [0, 0.1) is 0 Å². The lowest BCUT2D eigenvalue weighted by Crippen LogP contribution is -2.10. The Morgan fingerprint density at radius 2 is 1.81 bits per heavy atom. The van der Waals surface area contributed by atoms with Gasteiger partial charge in [0.15, 0.2) is 11.5 Å². The molecule has 1 N–H and O–H groups in total.